The maximum atomic E-state index is 12.2. The van der Waals surface area contributed by atoms with Crippen LogP contribution in [-0.2, 0) is 14.4 Å². The predicted molar refractivity (Wildman–Crippen MR) is 79.6 cm³/mol. The van der Waals surface area contributed by atoms with E-state index in [4.69, 9.17) is 0 Å². The number of carbonyl (C=O) groups is 2. The summed E-state index contributed by atoms with van der Waals surface area (Å²) >= 11 is 0. The van der Waals surface area contributed by atoms with Crippen molar-refractivity contribution in [3.63, 3.8) is 0 Å². The van der Waals surface area contributed by atoms with Crippen LogP contribution < -0.4 is 10.4 Å². The third kappa shape index (κ3) is 2.48. The minimum absolute atomic E-state index is 0.0393. The highest BCUT2D eigenvalue weighted by molar-refractivity contribution is 6.06. The van der Waals surface area contributed by atoms with Crippen LogP contribution >= 0.6 is 0 Å². The van der Waals surface area contributed by atoms with Gasteiger partial charge in [0.1, 0.15) is 0 Å². The fourth-order valence-corrected chi connectivity index (χ4v) is 2.74. The van der Waals surface area contributed by atoms with Gasteiger partial charge in [-0.2, -0.15) is 0 Å². The van der Waals surface area contributed by atoms with Crippen molar-refractivity contribution in [2.75, 3.05) is 18.6 Å². The number of benzene rings is 2. The van der Waals surface area contributed by atoms with Crippen LogP contribution in [0.3, 0.4) is 0 Å². The van der Waals surface area contributed by atoms with Gasteiger partial charge in [0.2, 0.25) is 11.8 Å². The molecular weight excluding hydrogens is 268 g/mol. The Morgan fingerprint density at radius 2 is 2.00 bits per heavy atom. The zero-order valence-corrected chi connectivity index (χ0v) is 11.7. The first kappa shape index (κ1) is 13.6. The van der Waals surface area contributed by atoms with Gasteiger partial charge < -0.3 is 4.90 Å². The van der Waals surface area contributed by atoms with Gasteiger partial charge in [0.05, 0.1) is 18.7 Å². The first-order chi connectivity index (χ1) is 10.2. The minimum Gasteiger partial charge on any atom is -0.311 e. The monoisotopic (exact) mass is 284 g/mol. The third-order valence-electron chi connectivity index (χ3n) is 3.76. The molecule has 0 radical (unpaired) electrons. The molecule has 1 saturated heterocycles. The van der Waals surface area contributed by atoms with E-state index in [9.17, 15) is 9.59 Å². The van der Waals surface area contributed by atoms with Crippen molar-refractivity contribution in [2.24, 2.45) is 5.92 Å². The highest BCUT2D eigenvalue weighted by atomic mass is 16.6. The second-order valence-electron chi connectivity index (χ2n) is 5.07. The van der Waals surface area contributed by atoms with Crippen LogP contribution in [0.4, 0.5) is 5.69 Å². The predicted octanol–water partition coefficient (Wildman–Crippen LogP) is 1.87. The van der Waals surface area contributed by atoms with Gasteiger partial charge in [-0.1, -0.05) is 36.4 Å². The maximum Gasteiger partial charge on any atom is 0.248 e. The Morgan fingerprint density at radius 3 is 2.81 bits per heavy atom. The molecule has 5 heteroatoms. The number of nitrogens with one attached hydrogen (secondary N) is 1. The van der Waals surface area contributed by atoms with Gasteiger partial charge in [-0.15, -0.1) is 0 Å². The van der Waals surface area contributed by atoms with Crippen molar-refractivity contribution in [3.05, 3.63) is 42.5 Å². The van der Waals surface area contributed by atoms with Crippen LogP contribution in [0, 0.1) is 5.92 Å². The molecule has 1 atom stereocenters. The Balaban J connectivity index is 1.93. The third-order valence-corrected chi connectivity index (χ3v) is 3.76. The number of amides is 2. The molecule has 1 aliphatic rings. The van der Waals surface area contributed by atoms with Gasteiger partial charge in [0.25, 0.3) is 0 Å². The summed E-state index contributed by atoms with van der Waals surface area (Å²) in [5.41, 5.74) is 3.15. The Bertz CT molecular complexity index is 693. The minimum atomic E-state index is -0.378. The van der Waals surface area contributed by atoms with Crippen molar-refractivity contribution in [3.8, 4) is 0 Å². The highest BCUT2D eigenvalue weighted by Gasteiger charge is 2.35. The maximum absolute atomic E-state index is 12.2. The lowest BCUT2D eigenvalue weighted by Gasteiger charge is -2.18. The lowest BCUT2D eigenvalue weighted by atomic mass is 10.1. The zero-order chi connectivity index (χ0) is 14.8. The number of hydroxylamine groups is 1. The van der Waals surface area contributed by atoms with Crippen LogP contribution in [-0.4, -0.2) is 25.5 Å². The summed E-state index contributed by atoms with van der Waals surface area (Å²) in [5, 5.41) is 2.09. The molecule has 21 heavy (non-hydrogen) atoms. The first-order valence-electron chi connectivity index (χ1n) is 6.81. The molecule has 1 fully saturated rings. The van der Waals surface area contributed by atoms with Crippen LogP contribution in [0.25, 0.3) is 10.8 Å². The quantitative estimate of drug-likeness (QED) is 0.875. The molecule has 2 aromatic rings. The molecule has 0 saturated carbocycles. The summed E-state index contributed by atoms with van der Waals surface area (Å²) < 4.78 is 0. The molecule has 3 rings (SSSR count). The first-order valence-corrected chi connectivity index (χ1v) is 6.81. The Kier molecular flexibility index (Phi) is 3.58. The molecule has 108 valence electrons. The number of nitrogens with zero attached hydrogens (tertiary/aromatic N) is 1. The van der Waals surface area contributed by atoms with E-state index in [1.165, 1.54) is 7.11 Å². The van der Waals surface area contributed by atoms with Crippen molar-refractivity contribution < 1.29 is 14.4 Å². The van der Waals surface area contributed by atoms with Crippen LogP contribution in [0.15, 0.2) is 42.5 Å². The number of rotatable bonds is 3. The second kappa shape index (κ2) is 5.54. The van der Waals surface area contributed by atoms with Crippen LogP contribution in [0.1, 0.15) is 6.42 Å². The molecule has 0 bridgehead atoms. The standard InChI is InChI=1S/C16H16N2O3/c1-21-17-16(20)12-9-15(19)18(10-12)14-8-4-6-11-5-2-3-7-13(11)14/h2-8,12H,9-10H2,1H3,(H,17,20). The summed E-state index contributed by atoms with van der Waals surface area (Å²) in [6.07, 6.45) is 0.207. The lowest BCUT2D eigenvalue weighted by molar-refractivity contribution is -0.135. The molecule has 2 amide bonds. The number of anilines is 1. The summed E-state index contributed by atoms with van der Waals surface area (Å²) in [7, 11) is 1.39. The molecule has 5 nitrogen and oxygen atoms in total. The fraction of sp³-hybridized carbons (Fsp3) is 0.250. The van der Waals surface area contributed by atoms with E-state index in [2.05, 4.69) is 10.3 Å². The number of carbonyl (C=O) groups excluding carboxylic acids is 2. The van der Waals surface area contributed by atoms with E-state index in [1.54, 1.807) is 4.90 Å². The number of fused-ring (bicyclic) bond motifs is 1. The molecule has 2 aromatic carbocycles. The van der Waals surface area contributed by atoms with E-state index in [1.807, 2.05) is 42.5 Å². The molecule has 1 unspecified atom stereocenters. The van der Waals surface area contributed by atoms with E-state index in [-0.39, 0.29) is 24.2 Å². The van der Waals surface area contributed by atoms with Gasteiger partial charge in [-0.25, -0.2) is 5.48 Å². The van der Waals surface area contributed by atoms with E-state index >= 15 is 0 Å². The smallest absolute Gasteiger partial charge is 0.248 e. The fourth-order valence-electron chi connectivity index (χ4n) is 2.74. The van der Waals surface area contributed by atoms with Gasteiger partial charge in [0.15, 0.2) is 0 Å². The summed E-state index contributed by atoms with van der Waals surface area (Å²) in [6, 6.07) is 13.8. The summed E-state index contributed by atoms with van der Waals surface area (Å²) in [4.78, 5) is 30.4. The Hall–Kier alpha value is -2.40. The molecular formula is C16H16N2O3. The molecule has 1 aliphatic heterocycles. The largest absolute Gasteiger partial charge is 0.311 e. The SMILES string of the molecule is CONC(=O)C1CC(=O)N(c2cccc3ccccc23)C1. The Morgan fingerprint density at radius 1 is 1.24 bits per heavy atom. The van der Waals surface area contributed by atoms with Gasteiger partial charge in [-0.05, 0) is 11.5 Å². The van der Waals surface area contributed by atoms with E-state index in [0.717, 1.165) is 16.5 Å². The number of hydrogen-bond donors (Lipinski definition) is 1. The topological polar surface area (TPSA) is 58.6 Å². The van der Waals surface area contributed by atoms with Crippen LogP contribution in [0.2, 0.25) is 0 Å². The van der Waals surface area contributed by atoms with E-state index in [0.29, 0.717) is 6.54 Å². The highest BCUT2D eigenvalue weighted by Crippen LogP contribution is 2.31. The zero-order valence-electron chi connectivity index (χ0n) is 11.7. The molecule has 0 aromatic heterocycles. The number of hydrogen-bond acceptors (Lipinski definition) is 3. The Labute approximate surface area is 122 Å². The van der Waals surface area contributed by atoms with Gasteiger partial charge >= 0.3 is 0 Å². The van der Waals surface area contributed by atoms with Crippen molar-refractivity contribution in [2.45, 2.75) is 6.42 Å². The van der Waals surface area contributed by atoms with Gasteiger partial charge in [-0.3, -0.25) is 14.4 Å². The summed E-state index contributed by atoms with van der Waals surface area (Å²) in [5.74, 6) is -0.674. The normalized spacial score (nSPS) is 18.2. The van der Waals surface area contributed by atoms with Crippen molar-refractivity contribution in [1.82, 2.24) is 5.48 Å². The summed E-state index contributed by atoms with van der Waals surface area (Å²) in [6.45, 7) is 0.377. The molecule has 0 aliphatic carbocycles. The van der Waals surface area contributed by atoms with Crippen molar-refractivity contribution in [1.29, 1.82) is 0 Å². The average Bonchev–Trinajstić information content (AvgIpc) is 2.89. The molecule has 1 heterocycles. The van der Waals surface area contributed by atoms with Crippen molar-refractivity contribution >= 4 is 28.3 Å². The second-order valence-corrected chi connectivity index (χ2v) is 5.07. The molecule has 0 spiro atoms. The van der Waals surface area contributed by atoms with Crippen LogP contribution in [0.5, 0.6) is 0 Å². The van der Waals surface area contributed by atoms with Gasteiger partial charge in [0, 0.05) is 18.4 Å². The molecule has 1 N–H and O–H groups in total. The van der Waals surface area contributed by atoms with E-state index < -0.39 is 0 Å². The average molecular weight is 284 g/mol. The lowest BCUT2D eigenvalue weighted by Crippen LogP contribution is -2.32.